The Labute approximate surface area is 147 Å². The fraction of sp³-hybridized carbons (Fsp3) is 0.450. The molecular weight excluding hydrogens is 316 g/mol. The van der Waals surface area contributed by atoms with Crippen LogP contribution in [0.25, 0.3) is 0 Å². The van der Waals surface area contributed by atoms with Gasteiger partial charge in [0.05, 0.1) is 12.0 Å². The van der Waals surface area contributed by atoms with Crippen LogP contribution in [0, 0.1) is 0 Å². The van der Waals surface area contributed by atoms with Gasteiger partial charge in [0, 0.05) is 17.9 Å². The molecule has 1 aromatic heterocycles. The highest BCUT2D eigenvalue weighted by molar-refractivity contribution is 6.09. The normalized spacial score (nSPS) is 22.9. The van der Waals surface area contributed by atoms with Crippen molar-refractivity contribution in [1.82, 2.24) is 10.1 Å². The third kappa shape index (κ3) is 2.41. The minimum Gasteiger partial charge on any atom is -0.361 e. The van der Waals surface area contributed by atoms with Gasteiger partial charge in [-0.05, 0) is 24.0 Å². The predicted octanol–water partition coefficient (Wildman–Crippen LogP) is 3.12. The number of benzene rings is 1. The maximum Gasteiger partial charge on any atom is 0.240 e. The average Bonchev–Trinajstić information content (AvgIpc) is 3.23. The number of rotatable bonds is 2. The summed E-state index contributed by atoms with van der Waals surface area (Å²) in [6.07, 6.45) is 1.81. The van der Waals surface area contributed by atoms with E-state index in [4.69, 9.17) is 4.52 Å². The maximum absolute atomic E-state index is 13.2. The number of amides is 2. The second-order valence-corrected chi connectivity index (χ2v) is 8.13. The average molecular weight is 338 g/mol. The molecule has 0 bridgehead atoms. The van der Waals surface area contributed by atoms with Crippen molar-refractivity contribution in [1.29, 1.82) is 0 Å². The Morgan fingerprint density at radius 3 is 2.72 bits per heavy atom. The molecule has 0 N–H and O–H groups in total. The van der Waals surface area contributed by atoms with Crippen LogP contribution in [0.3, 0.4) is 0 Å². The Morgan fingerprint density at radius 2 is 2.00 bits per heavy atom. The molecule has 0 saturated carbocycles. The first-order chi connectivity index (χ1) is 11.8. The number of nitrogens with zero attached hydrogens (tertiary/aromatic N) is 2. The third-order valence-corrected chi connectivity index (χ3v) is 5.38. The van der Waals surface area contributed by atoms with Crippen molar-refractivity contribution >= 4 is 11.8 Å². The Bertz CT molecular complexity index is 862. The van der Waals surface area contributed by atoms with Gasteiger partial charge >= 0.3 is 0 Å². The molecule has 2 heterocycles. The summed E-state index contributed by atoms with van der Waals surface area (Å²) >= 11 is 0. The van der Waals surface area contributed by atoms with Gasteiger partial charge in [0.25, 0.3) is 0 Å². The second kappa shape index (κ2) is 5.28. The van der Waals surface area contributed by atoms with Crippen LogP contribution in [-0.2, 0) is 33.4 Å². The highest BCUT2D eigenvalue weighted by Gasteiger charge is 2.55. The molecule has 1 aliphatic carbocycles. The number of aryl methyl sites for hydroxylation is 1. The third-order valence-electron chi connectivity index (χ3n) is 5.38. The van der Waals surface area contributed by atoms with Crippen LogP contribution in [0.5, 0.6) is 0 Å². The number of likely N-dealkylation sites (tertiary alicyclic amines) is 1. The highest BCUT2D eigenvalue weighted by Crippen LogP contribution is 2.47. The molecule has 1 atom stereocenters. The van der Waals surface area contributed by atoms with E-state index in [0.29, 0.717) is 12.1 Å². The van der Waals surface area contributed by atoms with Crippen molar-refractivity contribution in [2.45, 2.75) is 57.4 Å². The number of carbonyl (C=O) groups is 2. The van der Waals surface area contributed by atoms with Crippen LogP contribution < -0.4 is 0 Å². The Morgan fingerprint density at radius 1 is 1.24 bits per heavy atom. The summed E-state index contributed by atoms with van der Waals surface area (Å²) in [6.45, 7) is 6.29. The number of hydrogen-bond acceptors (Lipinski definition) is 4. The number of imide groups is 1. The van der Waals surface area contributed by atoms with Crippen LogP contribution in [0.4, 0.5) is 0 Å². The molecule has 2 aromatic rings. The van der Waals surface area contributed by atoms with Crippen molar-refractivity contribution in [3.8, 4) is 0 Å². The number of carbonyl (C=O) groups excluding carboxylic acids is 2. The van der Waals surface area contributed by atoms with Crippen molar-refractivity contribution in [2.75, 3.05) is 0 Å². The summed E-state index contributed by atoms with van der Waals surface area (Å²) < 4.78 is 5.38. The van der Waals surface area contributed by atoms with Crippen molar-refractivity contribution in [3.63, 3.8) is 0 Å². The van der Waals surface area contributed by atoms with E-state index in [-0.39, 0.29) is 30.2 Å². The molecule has 1 aromatic carbocycles. The largest absolute Gasteiger partial charge is 0.361 e. The molecule has 1 fully saturated rings. The van der Waals surface area contributed by atoms with Gasteiger partial charge in [0.2, 0.25) is 11.8 Å². The van der Waals surface area contributed by atoms with Crippen LogP contribution in [0.15, 0.2) is 34.9 Å². The molecule has 25 heavy (non-hydrogen) atoms. The quantitative estimate of drug-likeness (QED) is 0.789. The lowest BCUT2D eigenvalue weighted by Crippen LogP contribution is -2.36. The summed E-state index contributed by atoms with van der Waals surface area (Å²) in [5.74, 6) is 0.535. The molecule has 4 rings (SSSR count). The summed E-state index contributed by atoms with van der Waals surface area (Å²) in [4.78, 5) is 27.1. The summed E-state index contributed by atoms with van der Waals surface area (Å²) in [6, 6.07) is 9.82. The molecule has 1 saturated heterocycles. The smallest absolute Gasteiger partial charge is 0.240 e. The number of hydrogen-bond donors (Lipinski definition) is 0. The van der Waals surface area contributed by atoms with Gasteiger partial charge in [-0.25, -0.2) is 0 Å². The van der Waals surface area contributed by atoms with Gasteiger partial charge in [-0.2, -0.15) is 0 Å². The standard InChI is InChI=1S/C20H22N2O3/c1-19(2,3)16-10-14(21-25-16)12-22-17(23)11-20(18(22)24)9-8-13-6-4-5-7-15(13)20/h4-7,10H,8-9,11-12H2,1-3H3. The Hall–Kier alpha value is -2.43. The van der Waals surface area contributed by atoms with E-state index < -0.39 is 5.41 Å². The number of aromatic nitrogens is 1. The van der Waals surface area contributed by atoms with E-state index in [2.05, 4.69) is 11.2 Å². The van der Waals surface area contributed by atoms with Gasteiger partial charge in [-0.3, -0.25) is 14.5 Å². The molecule has 1 spiro atoms. The lowest BCUT2D eigenvalue weighted by molar-refractivity contribution is -0.140. The van der Waals surface area contributed by atoms with Gasteiger partial charge < -0.3 is 4.52 Å². The first-order valence-electron chi connectivity index (χ1n) is 8.70. The molecule has 2 aliphatic rings. The van der Waals surface area contributed by atoms with E-state index >= 15 is 0 Å². The number of fused-ring (bicyclic) bond motifs is 2. The van der Waals surface area contributed by atoms with E-state index in [1.165, 1.54) is 10.5 Å². The first kappa shape index (κ1) is 16.1. The van der Waals surface area contributed by atoms with Crippen molar-refractivity contribution in [2.24, 2.45) is 0 Å². The van der Waals surface area contributed by atoms with Crippen LogP contribution in [-0.4, -0.2) is 21.9 Å². The molecular formula is C20H22N2O3. The van der Waals surface area contributed by atoms with Gasteiger partial charge in [-0.15, -0.1) is 0 Å². The van der Waals surface area contributed by atoms with Crippen LogP contribution in [0.1, 0.15) is 56.2 Å². The monoisotopic (exact) mass is 338 g/mol. The maximum atomic E-state index is 13.2. The lowest BCUT2D eigenvalue weighted by atomic mass is 9.80. The summed E-state index contributed by atoms with van der Waals surface area (Å²) in [5, 5.41) is 4.05. The van der Waals surface area contributed by atoms with Crippen molar-refractivity contribution < 1.29 is 14.1 Å². The fourth-order valence-electron chi connectivity index (χ4n) is 3.96. The predicted molar refractivity (Wildman–Crippen MR) is 91.8 cm³/mol. The molecule has 2 amide bonds. The fourth-order valence-corrected chi connectivity index (χ4v) is 3.96. The van der Waals surface area contributed by atoms with E-state index in [0.717, 1.165) is 17.7 Å². The Kier molecular flexibility index (Phi) is 3.39. The topological polar surface area (TPSA) is 63.4 Å². The van der Waals surface area contributed by atoms with E-state index in [9.17, 15) is 9.59 Å². The zero-order valence-corrected chi connectivity index (χ0v) is 14.8. The summed E-state index contributed by atoms with van der Waals surface area (Å²) in [7, 11) is 0. The molecule has 130 valence electrons. The summed E-state index contributed by atoms with van der Waals surface area (Å²) in [5.41, 5.74) is 1.99. The highest BCUT2D eigenvalue weighted by atomic mass is 16.5. The zero-order chi connectivity index (χ0) is 17.8. The minimum atomic E-state index is -0.676. The SMILES string of the molecule is CC(C)(C)c1cc(CN2C(=O)CC3(CCc4ccccc43)C2=O)no1. The zero-order valence-electron chi connectivity index (χ0n) is 14.8. The second-order valence-electron chi connectivity index (χ2n) is 8.13. The van der Waals surface area contributed by atoms with Crippen LogP contribution >= 0.6 is 0 Å². The van der Waals surface area contributed by atoms with Crippen molar-refractivity contribution in [3.05, 3.63) is 52.9 Å². The van der Waals surface area contributed by atoms with E-state index in [1.807, 2.05) is 45.0 Å². The molecule has 0 radical (unpaired) electrons. The van der Waals surface area contributed by atoms with Gasteiger partial charge in [0.1, 0.15) is 11.5 Å². The molecule has 5 nitrogen and oxygen atoms in total. The van der Waals surface area contributed by atoms with Gasteiger partial charge in [-0.1, -0.05) is 50.2 Å². The Balaban J connectivity index is 1.62. The first-order valence-corrected chi connectivity index (χ1v) is 8.70. The molecule has 1 aliphatic heterocycles. The van der Waals surface area contributed by atoms with Crippen LogP contribution in [0.2, 0.25) is 0 Å². The lowest BCUT2D eigenvalue weighted by Gasteiger charge is -2.22. The minimum absolute atomic E-state index is 0.0947. The van der Waals surface area contributed by atoms with E-state index in [1.54, 1.807) is 0 Å². The van der Waals surface area contributed by atoms with Gasteiger partial charge in [0.15, 0.2) is 0 Å². The molecule has 5 heteroatoms. The molecule has 1 unspecified atom stereocenters.